The molecule has 0 aliphatic heterocycles. The van der Waals surface area contributed by atoms with Crippen molar-refractivity contribution in [3.8, 4) is 0 Å². The molecule has 0 saturated carbocycles. The molecule has 0 aliphatic rings. The fourth-order valence-corrected chi connectivity index (χ4v) is 2.16. The lowest BCUT2D eigenvalue weighted by atomic mass is 9.93. The molecule has 0 aromatic heterocycles. The van der Waals surface area contributed by atoms with Crippen LogP contribution in [0.5, 0.6) is 0 Å². The summed E-state index contributed by atoms with van der Waals surface area (Å²) in [6.07, 6.45) is 0.215. The van der Waals surface area contributed by atoms with E-state index >= 15 is 0 Å². The SMILES string of the molecule is CCOC(C(C)C)C(NC)c1ccc(C)cc1. The van der Waals surface area contributed by atoms with E-state index in [0.29, 0.717) is 5.92 Å². The summed E-state index contributed by atoms with van der Waals surface area (Å²) in [4.78, 5) is 0. The Hall–Kier alpha value is -0.860. The van der Waals surface area contributed by atoms with Crippen molar-refractivity contribution in [2.75, 3.05) is 13.7 Å². The maximum absolute atomic E-state index is 5.88. The zero-order chi connectivity index (χ0) is 12.8. The van der Waals surface area contributed by atoms with Gasteiger partial charge in [-0.1, -0.05) is 43.7 Å². The minimum absolute atomic E-state index is 0.215. The van der Waals surface area contributed by atoms with Gasteiger partial charge in [0.25, 0.3) is 0 Å². The minimum Gasteiger partial charge on any atom is -0.376 e. The van der Waals surface area contributed by atoms with Crippen molar-refractivity contribution in [2.45, 2.75) is 39.8 Å². The molecule has 2 unspecified atom stereocenters. The first-order chi connectivity index (χ1) is 8.10. The Labute approximate surface area is 105 Å². The van der Waals surface area contributed by atoms with E-state index in [9.17, 15) is 0 Å². The number of hydrogen-bond donors (Lipinski definition) is 1. The van der Waals surface area contributed by atoms with Crippen molar-refractivity contribution >= 4 is 0 Å². The predicted molar refractivity (Wildman–Crippen MR) is 73.2 cm³/mol. The lowest BCUT2D eigenvalue weighted by molar-refractivity contribution is 0.00460. The fraction of sp³-hybridized carbons (Fsp3) is 0.600. The van der Waals surface area contributed by atoms with Crippen molar-refractivity contribution in [1.82, 2.24) is 5.32 Å². The molecule has 0 spiro atoms. The Kier molecular flexibility index (Phi) is 5.66. The van der Waals surface area contributed by atoms with Crippen LogP contribution in [-0.2, 0) is 4.74 Å². The topological polar surface area (TPSA) is 21.3 Å². The third-order valence-electron chi connectivity index (χ3n) is 3.09. The standard InChI is InChI=1S/C15H25NO/c1-6-17-15(11(2)3)14(16-5)13-9-7-12(4)8-10-13/h7-11,14-16H,6H2,1-5H3. The van der Waals surface area contributed by atoms with E-state index in [1.165, 1.54) is 11.1 Å². The second-order valence-electron chi connectivity index (χ2n) is 4.84. The zero-order valence-electron chi connectivity index (χ0n) is 11.7. The van der Waals surface area contributed by atoms with E-state index in [1.54, 1.807) is 0 Å². The van der Waals surface area contributed by atoms with Gasteiger partial charge >= 0.3 is 0 Å². The fourth-order valence-electron chi connectivity index (χ4n) is 2.16. The molecule has 0 fully saturated rings. The highest BCUT2D eigenvalue weighted by Gasteiger charge is 2.24. The first-order valence-electron chi connectivity index (χ1n) is 6.45. The van der Waals surface area contributed by atoms with Gasteiger partial charge in [0.15, 0.2) is 0 Å². The molecule has 0 saturated heterocycles. The number of benzene rings is 1. The van der Waals surface area contributed by atoms with Crippen LogP contribution in [0.2, 0.25) is 0 Å². The number of rotatable bonds is 6. The number of nitrogens with one attached hydrogen (secondary N) is 1. The molecule has 0 aliphatic carbocycles. The molecule has 96 valence electrons. The summed E-state index contributed by atoms with van der Waals surface area (Å²) in [6, 6.07) is 8.94. The van der Waals surface area contributed by atoms with E-state index in [1.807, 2.05) is 7.05 Å². The van der Waals surface area contributed by atoms with Crippen molar-refractivity contribution in [1.29, 1.82) is 0 Å². The van der Waals surface area contributed by atoms with Gasteiger partial charge in [-0.15, -0.1) is 0 Å². The molecule has 1 rings (SSSR count). The highest BCUT2D eigenvalue weighted by molar-refractivity contribution is 5.25. The van der Waals surface area contributed by atoms with Gasteiger partial charge in [0.05, 0.1) is 12.1 Å². The Morgan fingerprint density at radius 1 is 1.18 bits per heavy atom. The van der Waals surface area contributed by atoms with Gasteiger partial charge in [0, 0.05) is 6.61 Å². The Balaban J connectivity index is 2.91. The third kappa shape index (κ3) is 3.83. The smallest absolute Gasteiger partial charge is 0.0792 e. The summed E-state index contributed by atoms with van der Waals surface area (Å²) in [5.41, 5.74) is 2.59. The molecule has 2 atom stereocenters. The Bertz CT molecular complexity index is 318. The van der Waals surface area contributed by atoms with Crippen molar-refractivity contribution in [2.24, 2.45) is 5.92 Å². The van der Waals surface area contributed by atoms with Gasteiger partial charge in [-0.05, 0) is 32.4 Å². The second-order valence-corrected chi connectivity index (χ2v) is 4.84. The largest absolute Gasteiger partial charge is 0.376 e. The minimum atomic E-state index is 0.215. The Morgan fingerprint density at radius 2 is 1.76 bits per heavy atom. The van der Waals surface area contributed by atoms with Gasteiger partial charge in [-0.3, -0.25) is 0 Å². The number of hydrogen-bond acceptors (Lipinski definition) is 2. The van der Waals surface area contributed by atoms with Crippen molar-refractivity contribution in [3.05, 3.63) is 35.4 Å². The molecular weight excluding hydrogens is 210 g/mol. The zero-order valence-corrected chi connectivity index (χ0v) is 11.7. The van der Waals surface area contributed by atoms with Crippen LogP contribution in [0.25, 0.3) is 0 Å². The first kappa shape index (κ1) is 14.2. The van der Waals surface area contributed by atoms with Crippen LogP contribution >= 0.6 is 0 Å². The van der Waals surface area contributed by atoms with E-state index in [0.717, 1.165) is 6.61 Å². The number of likely N-dealkylation sites (N-methyl/N-ethyl adjacent to an activating group) is 1. The molecule has 1 aromatic carbocycles. The monoisotopic (exact) mass is 235 g/mol. The quantitative estimate of drug-likeness (QED) is 0.816. The van der Waals surface area contributed by atoms with E-state index in [4.69, 9.17) is 4.74 Å². The van der Waals surface area contributed by atoms with Gasteiger partial charge < -0.3 is 10.1 Å². The van der Waals surface area contributed by atoms with Crippen LogP contribution in [0.1, 0.15) is 37.9 Å². The summed E-state index contributed by atoms with van der Waals surface area (Å²) in [6.45, 7) is 9.34. The summed E-state index contributed by atoms with van der Waals surface area (Å²) >= 11 is 0. The third-order valence-corrected chi connectivity index (χ3v) is 3.09. The number of ether oxygens (including phenoxy) is 1. The molecule has 1 aromatic rings. The molecule has 0 heterocycles. The van der Waals surface area contributed by atoms with Gasteiger partial charge in [0.2, 0.25) is 0 Å². The molecule has 0 radical (unpaired) electrons. The molecule has 0 bridgehead atoms. The second kappa shape index (κ2) is 6.77. The van der Waals surface area contributed by atoms with Crippen LogP contribution in [0, 0.1) is 12.8 Å². The lowest BCUT2D eigenvalue weighted by Crippen LogP contribution is -2.35. The molecule has 0 amide bonds. The average Bonchev–Trinajstić information content (AvgIpc) is 2.31. The van der Waals surface area contributed by atoms with Crippen LogP contribution in [0.15, 0.2) is 24.3 Å². The molecule has 2 heteroatoms. The molecular formula is C15H25NO. The highest BCUT2D eigenvalue weighted by atomic mass is 16.5. The molecule has 1 N–H and O–H groups in total. The van der Waals surface area contributed by atoms with Gasteiger partial charge in [0.1, 0.15) is 0 Å². The van der Waals surface area contributed by atoms with Crippen LogP contribution < -0.4 is 5.32 Å². The van der Waals surface area contributed by atoms with Crippen LogP contribution in [0.4, 0.5) is 0 Å². The summed E-state index contributed by atoms with van der Waals surface area (Å²) in [5, 5.41) is 3.38. The van der Waals surface area contributed by atoms with Gasteiger partial charge in [-0.25, -0.2) is 0 Å². The summed E-state index contributed by atoms with van der Waals surface area (Å²) in [5.74, 6) is 0.494. The summed E-state index contributed by atoms with van der Waals surface area (Å²) < 4.78 is 5.88. The van der Waals surface area contributed by atoms with Crippen LogP contribution in [0.3, 0.4) is 0 Å². The van der Waals surface area contributed by atoms with Gasteiger partial charge in [-0.2, -0.15) is 0 Å². The first-order valence-corrected chi connectivity index (χ1v) is 6.45. The predicted octanol–water partition coefficient (Wildman–Crippen LogP) is 3.32. The lowest BCUT2D eigenvalue weighted by Gasteiger charge is -2.30. The van der Waals surface area contributed by atoms with Crippen molar-refractivity contribution < 1.29 is 4.74 Å². The van der Waals surface area contributed by atoms with Crippen LogP contribution in [-0.4, -0.2) is 19.8 Å². The number of aryl methyl sites for hydroxylation is 1. The van der Waals surface area contributed by atoms with Crippen molar-refractivity contribution in [3.63, 3.8) is 0 Å². The molecule has 2 nitrogen and oxygen atoms in total. The van der Waals surface area contributed by atoms with E-state index in [2.05, 4.69) is 57.3 Å². The van der Waals surface area contributed by atoms with E-state index < -0.39 is 0 Å². The summed E-state index contributed by atoms with van der Waals surface area (Å²) in [7, 11) is 2.00. The maximum Gasteiger partial charge on any atom is 0.0792 e. The van der Waals surface area contributed by atoms with E-state index in [-0.39, 0.29) is 12.1 Å². The maximum atomic E-state index is 5.88. The average molecular weight is 235 g/mol. The highest BCUT2D eigenvalue weighted by Crippen LogP contribution is 2.24. The Morgan fingerprint density at radius 3 is 2.18 bits per heavy atom. The normalized spacial score (nSPS) is 14.9. The molecule has 17 heavy (non-hydrogen) atoms.